The van der Waals surface area contributed by atoms with Gasteiger partial charge in [-0.15, -0.1) is 0 Å². The smallest absolute Gasteiger partial charge is 0.108 e. The molecule has 2 nitrogen and oxygen atoms in total. The molecule has 0 aliphatic rings. The lowest BCUT2D eigenvalue weighted by molar-refractivity contribution is 0.527. The van der Waals surface area contributed by atoms with Crippen LogP contribution in [0.15, 0.2) is 36.5 Å². The minimum atomic E-state index is 1.10. The zero-order chi connectivity index (χ0) is 21.3. The molecular formula is C28H46N2. The predicted octanol–water partition coefficient (Wildman–Crippen LogP) is 8.32. The number of hydrogen-bond donors (Lipinski definition) is 0. The van der Waals surface area contributed by atoms with Gasteiger partial charge in [0.2, 0.25) is 0 Å². The summed E-state index contributed by atoms with van der Waals surface area (Å²) in [6.07, 6.45) is 23.3. The van der Waals surface area contributed by atoms with Crippen molar-refractivity contribution in [2.75, 3.05) is 0 Å². The number of benzene rings is 1. The fraction of sp³-hybridized carbons (Fsp3) is 0.679. The quantitative estimate of drug-likeness (QED) is 0.226. The van der Waals surface area contributed by atoms with E-state index in [1.165, 1.54) is 101 Å². The molecular weight excluding hydrogens is 364 g/mol. The largest absolute Gasteiger partial charge is 0.335 e. The second-order valence-electron chi connectivity index (χ2n) is 8.97. The van der Waals surface area contributed by atoms with Crippen molar-refractivity contribution in [3.8, 4) is 0 Å². The fourth-order valence-corrected chi connectivity index (χ4v) is 4.27. The molecule has 1 aromatic heterocycles. The lowest BCUT2D eigenvalue weighted by Gasteiger charge is -2.07. The number of rotatable bonds is 18. The average Bonchev–Trinajstić information content (AvgIpc) is 3.15. The van der Waals surface area contributed by atoms with Crippen molar-refractivity contribution >= 4 is 0 Å². The highest BCUT2D eigenvalue weighted by atomic mass is 15.1. The Labute approximate surface area is 186 Å². The topological polar surface area (TPSA) is 17.8 Å². The minimum absolute atomic E-state index is 1.10. The van der Waals surface area contributed by atoms with Gasteiger partial charge in [-0.3, -0.25) is 0 Å². The number of aryl methyl sites for hydroxylation is 4. The Kier molecular flexibility index (Phi) is 13.3. The Hall–Kier alpha value is -1.57. The van der Waals surface area contributed by atoms with Gasteiger partial charge in [-0.05, 0) is 37.7 Å². The maximum Gasteiger partial charge on any atom is 0.108 e. The van der Waals surface area contributed by atoms with E-state index < -0.39 is 0 Å². The van der Waals surface area contributed by atoms with E-state index in [-0.39, 0.29) is 0 Å². The Bertz CT molecular complexity index is 644. The van der Waals surface area contributed by atoms with Crippen LogP contribution in [0.25, 0.3) is 0 Å². The van der Waals surface area contributed by atoms with Crippen LogP contribution >= 0.6 is 0 Å². The second-order valence-corrected chi connectivity index (χ2v) is 8.97. The molecule has 0 bridgehead atoms. The van der Waals surface area contributed by atoms with Crippen LogP contribution in [0.5, 0.6) is 0 Å². The number of nitrogens with zero attached hydrogens (tertiary/aromatic N) is 2. The fourth-order valence-electron chi connectivity index (χ4n) is 4.27. The summed E-state index contributed by atoms with van der Waals surface area (Å²) in [7, 11) is 0. The van der Waals surface area contributed by atoms with Crippen LogP contribution in [0.4, 0.5) is 0 Å². The molecule has 1 heterocycles. The third-order valence-corrected chi connectivity index (χ3v) is 6.16. The summed E-state index contributed by atoms with van der Waals surface area (Å²) >= 11 is 0. The summed E-state index contributed by atoms with van der Waals surface area (Å²) < 4.78 is 2.48. The van der Waals surface area contributed by atoms with Gasteiger partial charge >= 0.3 is 0 Å². The Balaban J connectivity index is 1.73. The lowest BCUT2D eigenvalue weighted by atomic mass is 10.1. The number of aromatic nitrogens is 2. The van der Waals surface area contributed by atoms with E-state index in [0.29, 0.717) is 0 Å². The second kappa shape index (κ2) is 16.2. The van der Waals surface area contributed by atoms with Crippen molar-refractivity contribution in [3.63, 3.8) is 0 Å². The van der Waals surface area contributed by atoms with Crippen LogP contribution in [0.2, 0.25) is 0 Å². The highest BCUT2D eigenvalue weighted by molar-refractivity contribution is 5.15. The molecule has 0 aliphatic carbocycles. The SMILES string of the molecule is CCCCCCCCCCCn1cc(CCCc2ccccc2)nc1CCCCC. The highest BCUT2D eigenvalue weighted by Gasteiger charge is 2.08. The first-order valence-corrected chi connectivity index (χ1v) is 12.9. The molecule has 0 atom stereocenters. The van der Waals surface area contributed by atoms with Crippen molar-refractivity contribution in [2.24, 2.45) is 0 Å². The van der Waals surface area contributed by atoms with Gasteiger partial charge in [-0.25, -0.2) is 4.98 Å². The molecule has 0 aliphatic heterocycles. The van der Waals surface area contributed by atoms with E-state index in [4.69, 9.17) is 4.98 Å². The van der Waals surface area contributed by atoms with Crippen molar-refractivity contribution in [1.82, 2.24) is 9.55 Å². The molecule has 2 aromatic rings. The lowest BCUT2D eigenvalue weighted by Crippen LogP contribution is -2.03. The van der Waals surface area contributed by atoms with E-state index in [1.54, 1.807) is 0 Å². The normalized spacial score (nSPS) is 11.3. The summed E-state index contributed by atoms with van der Waals surface area (Å²) in [5.41, 5.74) is 2.74. The molecule has 0 N–H and O–H groups in total. The van der Waals surface area contributed by atoms with Crippen molar-refractivity contribution in [3.05, 3.63) is 53.6 Å². The highest BCUT2D eigenvalue weighted by Crippen LogP contribution is 2.15. The van der Waals surface area contributed by atoms with Gasteiger partial charge in [-0.2, -0.15) is 0 Å². The van der Waals surface area contributed by atoms with E-state index in [2.05, 4.69) is 54.9 Å². The molecule has 0 fully saturated rings. The summed E-state index contributed by atoms with van der Waals surface area (Å²) in [5, 5.41) is 0. The zero-order valence-electron chi connectivity index (χ0n) is 19.9. The molecule has 1 aromatic carbocycles. The molecule has 0 saturated carbocycles. The van der Waals surface area contributed by atoms with Crippen molar-refractivity contribution in [1.29, 1.82) is 0 Å². The summed E-state index contributed by atoms with van der Waals surface area (Å²) in [6, 6.07) is 10.8. The van der Waals surface area contributed by atoms with Gasteiger partial charge in [0.25, 0.3) is 0 Å². The number of hydrogen-bond acceptors (Lipinski definition) is 1. The predicted molar refractivity (Wildman–Crippen MR) is 131 cm³/mol. The van der Waals surface area contributed by atoms with Gasteiger partial charge in [0.1, 0.15) is 5.82 Å². The molecule has 0 spiro atoms. The van der Waals surface area contributed by atoms with Gasteiger partial charge in [0.05, 0.1) is 5.69 Å². The molecule has 30 heavy (non-hydrogen) atoms. The summed E-state index contributed by atoms with van der Waals surface area (Å²) in [4.78, 5) is 5.03. The van der Waals surface area contributed by atoms with Crippen LogP contribution in [0, 0.1) is 0 Å². The Morgan fingerprint density at radius 3 is 1.97 bits per heavy atom. The van der Waals surface area contributed by atoms with Crippen LogP contribution in [0.1, 0.15) is 114 Å². The van der Waals surface area contributed by atoms with Gasteiger partial charge < -0.3 is 4.57 Å². The van der Waals surface area contributed by atoms with Crippen LogP contribution in [-0.2, 0) is 25.8 Å². The monoisotopic (exact) mass is 410 g/mol. The van der Waals surface area contributed by atoms with Gasteiger partial charge in [0, 0.05) is 19.2 Å². The summed E-state index contributed by atoms with van der Waals surface area (Å²) in [6.45, 7) is 5.73. The first-order valence-electron chi connectivity index (χ1n) is 12.9. The molecule has 2 rings (SSSR count). The number of unbranched alkanes of at least 4 members (excludes halogenated alkanes) is 10. The van der Waals surface area contributed by atoms with Crippen LogP contribution < -0.4 is 0 Å². The van der Waals surface area contributed by atoms with Gasteiger partial charge in [-0.1, -0.05) is 108 Å². The van der Waals surface area contributed by atoms with E-state index >= 15 is 0 Å². The minimum Gasteiger partial charge on any atom is -0.335 e. The molecule has 168 valence electrons. The van der Waals surface area contributed by atoms with Crippen molar-refractivity contribution in [2.45, 2.75) is 123 Å². The summed E-state index contributed by atoms with van der Waals surface area (Å²) in [5.74, 6) is 1.33. The van der Waals surface area contributed by atoms with E-state index in [9.17, 15) is 0 Å². The molecule has 0 radical (unpaired) electrons. The third-order valence-electron chi connectivity index (χ3n) is 6.16. The average molecular weight is 411 g/mol. The molecule has 0 amide bonds. The number of imidazole rings is 1. The molecule has 0 saturated heterocycles. The van der Waals surface area contributed by atoms with Gasteiger partial charge in [0.15, 0.2) is 0 Å². The van der Waals surface area contributed by atoms with Crippen LogP contribution in [0.3, 0.4) is 0 Å². The standard InChI is InChI=1S/C28H46N2/c1-3-5-7-8-9-10-11-12-17-24-30-25-27(29-28(30)23-14-6-4-2)22-18-21-26-19-15-13-16-20-26/h13,15-16,19-20,25H,3-12,14,17-18,21-24H2,1-2H3. The maximum atomic E-state index is 5.03. The first-order chi connectivity index (χ1) is 14.8. The van der Waals surface area contributed by atoms with Crippen molar-refractivity contribution < 1.29 is 0 Å². The molecule has 0 unspecified atom stereocenters. The van der Waals surface area contributed by atoms with E-state index in [1.807, 2.05) is 0 Å². The zero-order valence-corrected chi connectivity index (χ0v) is 19.9. The molecule has 2 heteroatoms. The Morgan fingerprint density at radius 1 is 0.633 bits per heavy atom. The first kappa shape index (κ1) is 24.7. The third kappa shape index (κ3) is 10.5. The maximum absolute atomic E-state index is 5.03. The van der Waals surface area contributed by atoms with Crippen LogP contribution in [-0.4, -0.2) is 9.55 Å². The Morgan fingerprint density at radius 2 is 1.27 bits per heavy atom. The van der Waals surface area contributed by atoms with E-state index in [0.717, 1.165) is 25.8 Å².